The number of hydrogen-bond donors (Lipinski definition) is 4. The average Bonchev–Trinajstić information content (AvgIpc) is 2.18. The molecule has 0 fully saturated rings. The number of aliphatic hydroxyl groups is 2. The first-order valence-corrected chi connectivity index (χ1v) is 5.49. The molecule has 1 aromatic carbocycles. The average molecular weight is 230 g/mol. The van der Waals surface area contributed by atoms with Crippen LogP contribution in [0.2, 0.25) is 0 Å². The second-order valence-corrected chi connectivity index (χ2v) is 4.01. The Hall–Kier alpha value is -0.160. The van der Waals surface area contributed by atoms with Crippen molar-refractivity contribution in [3.8, 4) is 0 Å². The van der Waals surface area contributed by atoms with E-state index in [4.69, 9.17) is 0 Å². The van der Waals surface area contributed by atoms with Gasteiger partial charge in [-0.05, 0) is 23.8 Å². The van der Waals surface area contributed by atoms with Crippen LogP contribution in [0.25, 0.3) is 0 Å². The van der Waals surface area contributed by atoms with Crippen molar-refractivity contribution in [3.63, 3.8) is 0 Å². The maximum atomic E-state index is 9.77. The second-order valence-electron chi connectivity index (χ2n) is 3.08. The zero-order valence-electron chi connectivity index (χ0n) is 7.67. The molecule has 0 bridgehead atoms. The molecule has 0 aliphatic carbocycles. The fourth-order valence-electron chi connectivity index (χ4n) is 1.24. The van der Waals surface area contributed by atoms with Crippen LogP contribution in [0.5, 0.6) is 0 Å². The number of rotatable bonds is 4. The molecule has 0 aliphatic rings. The van der Waals surface area contributed by atoms with E-state index in [0.717, 1.165) is 0 Å². The maximum Gasteiger partial charge on any atom is 0.106 e. The summed E-state index contributed by atoms with van der Waals surface area (Å²) < 4.78 is 0. The molecular formula is C10H14O2S2. The van der Waals surface area contributed by atoms with Gasteiger partial charge in [0.05, 0.1) is 6.10 Å². The lowest BCUT2D eigenvalue weighted by Gasteiger charge is -2.18. The van der Waals surface area contributed by atoms with E-state index in [9.17, 15) is 10.2 Å². The van der Waals surface area contributed by atoms with Gasteiger partial charge in [0.2, 0.25) is 0 Å². The molecule has 14 heavy (non-hydrogen) atoms. The molecule has 0 radical (unpaired) electrons. The minimum Gasteiger partial charge on any atom is -0.390 e. The van der Waals surface area contributed by atoms with Crippen LogP contribution in [-0.2, 0) is 0 Å². The topological polar surface area (TPSA) is 40.5 Å². The predicted octanol–water partition coefficient (Wildman–Crippen LogP) is 1.69. The minimum absolute atomic E-state index is 0.465. The summed E-state index contributed by atoms with van der Waals surface area (Å²) in [6.45, 7) is 0. The summed E-state index contributed by atoms with van der Waals surface area (Å²) in [5.74, 6) is 0.549. The third-order valence-electron chi connectivity index (χ3n) is 2.04. The third kappa shape index (κ3) is 2.92. The van der Waals surface area contributed by atoms with E-state index in [2.05, 4.69) is 25.3 Å². The summed E-state index contributed by atoms with van der Waals surface area (Å²) in [5, 5.41) is 19.3. The Morgan fingerprint density at radius 2 is 1.86 bits per heavy atom. The van der Waals surface area contributed by atoms with E-state index in [0.29, 0.717) is 22.6 Å². The van der Waals surface area contributed by atoms with E-state index in [-0.39, 0.29) is 0 Å². The number of benzene rings is 1. The Balaban J connectivity index is 2.78. The highest BCUT2D eigenvalue weighted by molar-refractivity contribution is 7.80. The van der Waals surface area contributed by atoms with Crippen LogP contribution >= 0.6 is 25.3 Å². The fourth-order valence-corrected chi connectivity index (χ4v) is 1.79. The highest BCUT2D eigenvalue weighted by Crippen LogP contribution is 2.24. The van der Waals surface area contributed by atoms with E-state index >= 15 is 0 Å². The summed E-state index contributed by atoms with van der Waals surface area (Å²) in [4.78, 5) is 0.693. The van der Waals surface area contributed by atoms with E-state index in [1.807, 2.05) is 12.1 Å². The second kappa shape index (κ2) is 5.66. The standard InChI is InChI=1S/C10H14O2S2/c11-8(5-6-13)10(12)7-3-1-2-4-9(7)14/h1-4,8,10-14H,5-6H2. The van der Waals surface area contributed by atoms with E-state index in [1.165, 1.54) is 0 Å². The van der Waals surface area contributed by atoms with Crippen molar-refractivity contribution >= 4 is 25.3 Å². The summed E-state index contributed by atoms with van der Waals surface area (Å²) in [5.41, 5.74) is 0.658. The smallest absolute Gasteiger partial charge is 0.106 e. The first-order chi connectivity index (χ1) is 6.66. The van der Waals surface area contributed by atoms with Gasteiger partial charge in [0, 0.05) is 4.90 Å². The van der Waals surface area contributed by atoms with Gasteiger partial charge < -0.3 is 10.2 Å². The van der Waals surface area contributed by atoms with Crippen LogP contribution in [0.1, 0.15) is 18.1 Å². The van der Waals surface area contributed by atoms with Crippen LogP contribution in [0.4, 0.5) is 0 Å². The van der Waals surface area contributed by atoms with Gasteiger partial charge in [0.25, 0.3) is 0 Å². The van der Waals surface area contributed by atoms with Crippen molar-refractivity contribution in [1.29, 1.82) is 0 Å². The molecule has 1 rings (SSSR count). The van der Waals surface area contributed by atoms with Crippen LogP contribution < -0.4 is 0 Å². The SMILES string of the molecule is OC(CCS)C(O)c1ccccc1S. The number of thiol groups is 2. The van der Waals surface area contributed by atoms with Crippen LogP contribution in [-0.4, -0.2) is 22.1 Å². The van der Waals surface area contributed by atoms with Crippen LogP contribution in [0, 0.1) is 0 Å². The van der Waals surface area contributed by atoms with Gasteiger partial charge in [0.1, 0.15) is 6.10 Å². The first kappa shape index (κ1) is 11.9. The Bertz CT molecular complexity index is 291. The van der Waals surface area contributed by atoms with Crippen molar-refractivity contribution in [3.05, 3.63) is 29.8 Å². The molecule has 0 heterocycles. The normalized spacial score (nSPS) is 15.1. The lowest BCUT2D eigenvalue weighted by molar-refractivity contribution is 0.0157. The summed E-state index contributed by atoms with van der Waals surface area (Å²) >= 11 is 8.21. The van der Waals surface area contributed by atoms with Crippen molar-refractivity contribution < 1.29 is 10.2 Å². The Kier molecular flexibility index (Phi) is 4.81. The molecule has 0 saturated carbocycles. The Morgan fingerprint density at radius 3 is 2.43 bits per heavy atom. The Morgan fingerprint density at radius 1 is 1.21 bits per heavy atom. The Labute approximate surface area is 94.8 Å². The molecule has 0 aromatic heterocycles. The zero-order valence-corrected chi connectivity index (χ0v) is 9.46. The third-order valence-corrected chi connectivity index (χ3v) is 2.71. The molecule has 0 saturated heterocycles. The van der Waals surface area contributed by atoms with Crippen molar-refractivity contribution in [2.45, 2.75) is 23.5 Å². The fraction of sp³-hybridized carbons (Fsp3) is 0.400. The molecule has 4 heteroatoms. The molecule has 0 spiro atoms. The van der Waals surface area contributed by atoms with Crippen molar-refractivity contribution in [2.24, 2.45) is 0 Å². The van der Waals surface area contributed by atoms with E-state index in [1.54, 1.807) is 12.1 Å². The molecule has 1 aromatic rings. The number of aliphatic hydroxyl groups excluding tert-OH is 2. The van der Waals surface area contributed by atoms with Gasteiger partial charge in [-0.25, -0.2) is 0 Å². The molecule has 0 aliphatic heterocycles. The van der Waals surface area contributed by atoms with Gasteiger partial charge in [-0.1, -0.05) is 18.2 Å². The van der Waals surface area contributed by atoms with Crippen molar-refractivity contribution in [2.75, 3.05) is 5.75 Å². The van der Waals surface area contributed by atoms with Crippen LogP contribution in [0.15, 0.2) is 29.2 Å². The maximum absolute atomic E-state index is 9.77. The minimum atomic E-state index is -0.879. The van der Waals surface area contributed by atoms with Crippen molar-refractivity contribution in [1.82, 2.24) is 0 Å². The molecule has 2 atom stereocenters. The molecular weight excluding hydrogens is 216 g/mol. The first-order valence-electron chi connectivity index (χ1n) is 4.41. The lowest BCUT2D eigenvalue weighted by atomic mass is 10.0. The molecule has 78 valence electrons. The molecule has 2 N–H and O–H groups in total. The predicted molar refractivity (Wildman–Crippen MR) is 63.1 cm³/mol. The van der Waals surface area contributed by atoms with Gasteiger partial charge in [-0.3, -0.25) is 0 Å². The highest BCUT2D eigenvalue weighted by atomic mass is 32.1. The summed E-state index contributed by atoms with van der Waals surface area (Å²) in [7, 11) is 0. The van der Waals surface area contributed by atoms with Crippen LogP contribution in [0.3, 0.4) is 0 Å². The van der Waals surface area contributed by atoms with E-state index < -0.39 is 12.2 Å². The molecule has 2 nitrogen and oxygen atoms in total. The largest absolute Gasteiger partial charge is 0.390 e. The van der Waals surface area contributed by atoms with Gasteiger partial charge in [0.15, 0.2) is 0 Å². The summed E-state index contributed by atoms with van der Waals surface area (Å²) in [6, 6.07) is 7.19. The van der Waals surface area contributed by atoms with Gasteiger partial charge in [-0.15, -0.1) is 12.6 Å². The zero-order chi connectivity index (χ0) is 10.6. The monoisotopic (exact) mass is 230 g/mol. The summed E-state index contributed by atoms with van der Waals surface area (Å²) in [6.07, 6.45) is -1.19. The highest BCUT2D eigenvalue weighted by Gasteiger charge is 2.18. The quantitative estimate of drug-likeness (QED) is 0.595. The number of hydrogen-bond acceptors (Lipinski definition) is 4. The van der Waals surface area contributed by atoms with Gasteiger partial charge in [-0.2, -0.15) is 12.6 Å². The van der Waals surface area contributed by atoms with Gasteiger partial charge >= 0.3 is 0 Å². The molecule has 0 amide bonds. The lowest BCUT2D eigenvalue weighted by Crippen LogP contribution is -2.19. The molecule has 2 unspecified atom stereocenters.